The molecule has 2 rings (SSSR count). The maximum atomic E-state index is 12.7. The van der Waals surface area contributed by atoms with Crippen LogP contribution in [0.2, 0.25) is 5.02 Å². The maximum absolute atomic E-state index is 12.7. The van der Waals surface area contributed by atoms with E-state index in [1.807, 2.05) is 0 Å². The number of nitrogens with one attached hydrogen (secondary N) is 1. The molecule has 1 N–H and O–H groups in total. The Kier molecular flexibility index (Phi) is 7.05. The number of hydrogen-bond acceptors (Lipinski definition) is 4. The molecule has 0 aliphatic rings. The minimum absolute atomic E-state index is 0.121. The van der Waals surface area contributed by atoms with Crippen molar-refractivity contribution >= 4 is 49.1 Å². The van der Waals surface area contributed by atoms with Crippen molar-refractivity contribution in [3.63, 3.8) is 0 Å². The number of amides is 1. The maximum Gasteiger partial charge on any atom is 0.243 e. The van der Waals surface area contributed by atoms with Crippen LogP contribution in [0.4, 0.5) is 5.69 Å². The van der Waals surface area contributed by atoms with Gasteiger partial charge in [0.05, 0.1) is 24.2 Å². The monoisotopic (exact) mass is 460 g/mol. The summed E-state index contributed by atoms with van der Waals surface area (Å²) in [5, 5.41) is 3.06. The van der Waals surface area contributed by atoms with E-state index in [1.165, 1.54) is 25.3 Å². The average molecular weight is 462 g/mol. The van der Waals surface area contributed by atoms with Crippen molar-refractivity contribution in [2.45, 2.75) is 11.8 Å². The van der Waals surface area contributed by atoms with Gasteiger partial charge < -0.3 is 10.1 Å². The average Bonchev–Trinajstić information content (AvgIpc) is 2.60. The van der Waals surface area contributed by atoms with E-state index in [0.29, 0.717) is 16.5 Å². The highest BCUT2D eigenvalue weighted by Gasteiger charge is 2.25. The van der Waals surface area contributed by atoms with Crippen LogP contribution in [0.3, 0.4) is 0 Å². The first-order valence-electron chi connectivity index (χ1n) is 7.67. The van der Waals surface area contributed by atoms with Gasteiger partial charge in [-0.2, -0.15) is 4.31 Å². The van der Waals surface area contributed by atoms with Crippen molar-refractivity contribution in [2.24, 2.45) is 0 Å². The van der Waals surface area contributed by atoms with Crippen LogP contribution in [0.1, 0.15) is 6.92 Å². The fourth-order valence-electron chi connectivity index (χ4n) is 2.25. The van der Waals surface area contributed by atoms with Gasteiger partial charge in [0.15, 0.2) is 0 Å². The Balaban J connectivity index is 2.18. The lowest BCUT2D eigenvalue weighted by Crippen LogP contribution is -2.37. The molecule has 0 bridgehead atoms. The van der Waals surface area contributed by atoms with Gasteiger partial charge in [-0.25, -0.2) is 8.42 Å². The summed E-state index contributed by atoms with van der Waals surface area (Å²) in [6.45, 7) is 1.49. The zero-order chi connectivity index (χ0) is 19.3. The number of ether oxygens (including phenoxy) is 1. The summed E-state index contributed by atoms with van der Waals surface area (Å²) in [5.74, 6) is -0.0605. The SMILES string of the molecule is CCN(CC(=O)Nc1cc(Cl)ccc1OC)S(=O)(=O)c1ccc(Br)cc1. The third kappa shape index (κ3) is 4.97. The van der Waals surface area contributed by atoms with Gasteiger partial charge in [-0.05, 0) is 42.5 Å². The van der Waals surface area contributed by atoms with E-state index >= 15 is 0 Å². The molecule has 0 saturated carbocycles. The first kappa shape index (κ1) is 20.7. The molecule has 9 heteroatoms. The largest absolute Gasteiger partial charge is 0.495 e. The molecule has 2 aromatic carbocycles. The second-order valence-corrected chi connectivity index (χ2v) is 8.57. The molecule has 0 atom stereocenters. The Morgan fingerprint density at radius 2 is 1.88 bits per heavy atom. The first-order valence-corrected chi connectivity index (χ1v) is 10.3. The zero-order valence-electron chi connectivity index (χ0n) is 14.2. The van der Waals surface area contributed by atoms with E-state index < -0.39 is 15.9 Å². The highest BCUT2D eigenvalue weighted by atomic mass is 79.9. The van der Waals surface area contributed by atoms with Crippen molar-refractivity contribution < 1.29 is 17.9 Å². The minimum atomic E-state index is -3.78. The van der Waals surface area contributed by atoms with Crippen LogP contribution in [0.15, 0.2) is 51.8 Å². The fraction of sp³-hybridized carbons (Fsp3) is 0.235. The molecule has 0 aliphatic heterocycles. The Labute approximate surface area is 166 Å². The summed E-state index contributed by atoms with van der Waals surface area (Å²) in [6, 6.07) is 11.0. The van der Waals surface area contributed by atoms with E-state index in [0.717, 1.165) is 8.78 Å². The van der Waals surface area contributed by atoms with Gasteiger partial charge in [0, 0.05) is 16.0 Å². The molecule has 0 unspecified atom stereocenters. The third-order valence-electron chi connectivity index (χ3n) is 3.56. The Morgan fingerprint density at radius 1 is 1.23 bits per heavy atom. The molecule has 0 spiro atoms. The molecule has 0 saturated heterocycles. The third-order valence-corrected chi connectivity index (χ3v) is 6.26. The number of rotatable bonds is 7. The van der Waals surface area contributed by atoms with Gasteiger partial charge in [0.1, 0.15) is 5.75 Å². The molecule has 2 aromatic rings. The molecule has 0 aromatic heterocycles. The summed E-state index contributed by atoms with van der Waals surface area (Å²) in [6.07, 6.45) is 0. The van der Waals surface area contributed by atoms with Gasteiger partial charge in [0.25, 0.3) is 0 Å². The number of hydrogen-bond donors (Lipinski definition) is 1. The van der Waals surface area contributed by atoms with Crippen molar-refractivity contribution in [3.8, 4) is 5.75 Å². The quantitative estimate of drug-likeness (QED) is 0.681. The summed E-state index contributed by atoms with van der Waals surface area (Å²) >= 11 is 9.21. The van der Waals surface area contributed by atoms with Crippen LogP contribution < -0.4 is 10.1 Å². The molecular formula is C17H18BrClN2O4S. The van der Waals surface area contributed by atoms with Crippen LogP contribution in [0, 0.1) is 0 Å². The number of likely N-dealkylation sites (N-methyl/N-ethyl adjacent to an activating group) is 1. The van der Waals surface area contributed by atoms with Gasteiger partial charge in [-0.3, -0.25) is 4.79 Å². The minimum Gasteiger partial charge on any atom is -0.495 e. The Hall–Kier alpha value is -1.61. The van der Waals surface area contributed by atoms with Crippen LogP contribution in [-0.2, 0) is 14.8 Å². The normalized spacial score (nSPS) is 11.4. The molecule has 26 heavy (non-hydrogen) atoms. The molecule has 0 fully saturated rings. The summed E-state index contributed by atoms with van der Waals surface area (Å²) in [4.78, 5) is 12.5. The Morgan fingerprint density at radius 3 is 2.46 bits per heavy atom. The van der Waals surface area contributed by atoms with Gasteiger partial charge in [0.2, 0.25) is 15.9 Å². The molecule has 6 nitrogen and oxygen atoms in total. The number of carbonyl (C=O) groups excluding carboxylic acids is 1. The molecule has 1 amide bonds. The van der Waals surface area contributed by atoms with E-state index in [2.05, 4.69) is 21.2 Å². The van der Waals surface area contributed by atoms with E-state index in [1.54, 1.807) is 31.2 Å². The number of sulfonamides is 1. The molecule has 140 valence electrons. The number of nitrogens with zero attached hydrogens (tertiary/aromatic N) is 1. The Bertz CT molecular complexity index is 888. The number of benzene rings is 2. The highest BCUT2D eigenvalue weighted by molar-refractivity contribution is 9.10. The van der Waals surface area contributed by atoms with Crippen molar-refractivity contribution in [1.82, 2.24) is 4.31 Å². The predicted octanol–water partition coefficient (Wildman–Crippen LogP) is 3.76. The van der Waals surface area contributed by atoms with E-state index in [4.69, 9.17) is 16.3 Å². The standard InChI is InChI=1S/C17H18BrClN2O4S/c1-3-21(26(23,24)14-7-4-12(18)5-8-14)11-17(22)20-15-10-13(19)6-9-16(15)25-2/h4-10H,3,11H2,1-2H3,(H,20,22). The smallest absolute Gasteiger partial charge is 0.243 e. The molecule has 0 heterocycles. The van der Waals surface area contributed by atoms with Crippen molar-refractivity contribution in [3.05, 3.63) is 52.0 Å². The number of halogens is 2. The molecule has 0 aliphatic carbocycles. The zero-order valence-corrected chi connectivity index (χ0v) is 17.4. The number of methoxy groups -OCH3 is 1. The van der Waals surface area contributed by atoms with Gasteiger partial charge >= 0.3 is 0 Å². The fourth-order valence-corrected chi connectivity index (χ4v) is 4.09. The lowest BCUT2D eigenvalue weighted by atomic mass is 10.3. The number of anilines is 1. The number of carbonyl (C=O) groups is 1. The van der Waals surface area contributed by atoms with Gasteiger partial charge in [-0.1, -0.05) is 34.5 Å². The van der Waals surface area contributed by atoms with Crippen molar-refractivity contribution in [2.75, 3.05) is 25.5 Å². The summed E-state index contributed by atoms with van der Waals surface area (Å²) < 4.78 is 32.5. The van der Waals surface area contributed by atoms with E-state index in [-0.39, 0.29) is 18.0 Å². The molecular weight excluding hydrogens is 444 g/mol. The van der Waals surface area contributed by atoms with Crippen LogP contribution in [-0.4, -0.2) is 38.8 Å². The molecule has 0 radical (unpaired) electrons. The topological polar surface area (TPSA) is 75.7 Å². The second-order valence-electron chi connectivity index (χ2n) is 5.28. The lowest BCUT2D eigenvalue weighted by molar-refractivity contribution is -0.116. The predicted molar refractivity (Wildman–Crippen MR) is 105 cm³/mol. The lowest BCUT2D eigenvalue weighted by Gasteiger charge is -2.20. The second kappa shape index (κ2) is 8.85. The first-order chi connectivity index (χ1) is 12.3. The van der Waals surface area contributed by atoms with Crippen LogP contribution in [0.25, 0.3) is 0 Å². The van der Waals surface area contributed by atoms with Crippen LogP contribution in [0.5, 0.6) is 5.75 Å². The summed E-state index contributed by atoms with van der Waals surface area (Å²) in [5.41, 5.74) is 0.377. The van der Waals surface area contributed by atoms with Crippen molar-refractivity contribution in [1.29, 1.82) is 0 Å². The summed E-state index contributed by atoms with van der Waals surface area (Å²) in [7, 11) is -2.32. The van der Waals surface area contributed by atoms with E-state index in [9.17, 15) is 13.2 Å². The van der Waals surface area contributed by atoms with Crippen LogP contribution >= 0.6 is 27.5 Å². The van der Waals surface area contributed by atoms with Gasteiger partial charge in [-0.15, -0.1) is 0 Å². The highest BCUT2D eigenvalue weighted by Crippen LogP contribution is 2.27.